The highest BCUT2D eigenvalue weighted by Crippen LogP contribution is 2.07. The number of rotatable bonds is 5. The molecule has 0 atom stereocenters. The first-order valence-electron chi connectivity index (χ1n) is 5.66. The second-order valence-electron chi connectivity index (χ2n) is 3.94. The van der Waals surface area contributed by atoms with E-state index in [4.69, 9.17) is 0 Å². The van der Waals surface area contributed by atoms with Gasteiger partial charge in [0.15, 0.2) is 0 Å². The van der Waals surface area contributed by atoms with E-state index in [1.165, 1.54) is 24.3 Å². The zero-order valence-electron chi connectivity index (χ0n) is 9.87. The maximum Gasteiger partial charge on any atom is 0.253 e. The summed E-state index contributed by atoms with van der Waals surface area (Å²) in [6.45, 7) is 2.88. The molecule has 0 aliphatic carbocycles. The topological polar surface area (TPSA) is 20.3 Å². The molecule has 2 nitrogen and oxygen atoms in total. The molecule has 0 saturated carbocycles. The molecular weight excluding hydrogens is 205 g/mol. The van der Waals surface area contributed by atoms with Crippen LogP contribution in [0.5, 0.6) is 0 Å². The fourth-order valence-corrected chi connectivity index (χ4v) is 1.51. The van der Waals surface area contributed by atoms with Gasteiger partial charge in [-0.15, -0.1) is 0 Å². The molecule has 3 heteroatoms. The van der Waals surface area contributed by atoms with E-state index < -0.39 is 0 Å². The van der Waals surface area contributed by atoms with E-state index in [9.17, 15) is 9.18 Å². The van der Waals surface area contributed by atoms with Crippen LogP contribution in [0.15, 0.2) is 24.3 Å². The van der Waals surface area contributed by atoms with Gasteiger partial charge in [0, 0.05) is 19.2 Å². The summed E-state index contributed by atoms with van der Waals surface area (Å²) >= 11 is 0. The Kier molecular flexibility index (Phi) is 4.96. The zero-order valence-corrected chi connectivity index (χ0v) is 9.87. The molecule has 16 heavy (non-hydrogen) atoms. The van der Waals surface area contributed by atoms with Gasteiger partial charge in [0.1, 0.15) is 5.82 Å². The predicted molar refractivity (Wildman–Crippen MR) is 62.9 cm³/mol. The summed E-state index contributed by atoms with van der Waals surface area (Å²) in [5.74, 6) is -0.360. The summed E-state index contributed by atoms with van der Waals surface area (Å²) in [6, 6.07) is 5.67. The number of carbonyl (C=O) groups excluding carboxylic acids is 1. The standard InChI is InChI=1S/C13H18FNO/c1-3-4-5-10-15(2)13(16)11-6-8-12(14)9-7-11/h6-9H,3-5,10H2,1-2H3. The second kappa shape index (κ2) is 6.26. The van der Waals surface area contributed by atoms with Crippen molar-refractivity contribution in [2.45, 2.75) is 26.2 Å². The summed E-state index contributed by atoms with van der Waals surface area (Å²) in [4.78, 5) is 13.5. The molecule has 0 bridgehead atoms. The van der Waals surface area contributed by atoms with Crippen LogP contribution in [0, 0.1) is 5.82 Å². The van der Waals surface area contributed by atoms with Crippen LogP contribution in [0.25, 0.3) is 0 Å². The monoisotopic (exact) mass is 223 g/mol. The molecule has 1 aromatic carbocycles. The molecule has 88 valence electrons. The Hall–Kier alpha value is -1.38. The highest BCUT2D eigenvalue weighted by Gasteiger charge is 2.10. The number of nitrogens with zero attached hydrogens (tertiary/aromatic N) is 1. The lowest BCUT2D eigenvalue weighted by molar-refractivity contribution is 0.0792. The number of benzene rings is 1. The van der Waals surface area contributed by atoms with E-state index >= 15 is 0 Å². The Morgan fingerprint density at radius 2 is 1.88 bits per heavy atom. The number of halogens is 1. The average molecular weight is 223 g/mol. The first-order valence-corrected chi connectivity index (χ1v) is 5.66. The van der Waals surface area contributed by atoms with Crippen molar-refractivity contribution >= 4 is 5.91 Å². The minimum absolute atomic E-state index is 0.0453. The summed E-state index contributed by atoms with van der Waals surface area (Å²) in [6.07, 6.45) is 3.28. The normalized spacial score (nSPS) is 10.2. The number of carbonyl (C=O) groups is 1. The zero-order chi connectivity index (χ0) is 12.0. The van der Waals surface area contributed by atoms with Crippen molar-refractivity contribution in [2.75, 3.05) is 13.6 Å². The Labute approximate surface area is 96.1 Å². The molecule has 0 fully saturated rings. The summed E-state index contributed by atoms with van der Waals surface area (Å²) in [5.41, 5.74) is 0.542. The lowest BCUT2D eigenvalue weighted by Crippen LogP contribution is -2.27. The highest BCUT2D eigenvalue weighted by atomic mass is 19.1. The van der Waals surface area contributed by atoms with Crippen LogP contribution in [0.4, 0.5) is 4.39 Å². The maximum atomic E-state index is 12.7. The van der Waals surface area contributed by atoms with Gasteiger partial charge in [0.05, 0.1) is 0 Å². The van der Waals surface area contributed by atoms with Crippen LogP contribution >= 0.6 is 0 Å². The van der Waals surface area contributed by atoms with Gasteiger partial charge in [0.25, 0.3) is 5.91 Å². The van der Waals surface area contributed by atoms with Crippen molar-refractivity contribution in [3.05, 3.63) is 35.6 Å². The molecule has 0 radical (unpaired) electrons. The Morgan fingerprint density at radius 3 is 2.44 bits per heavy atom. The van der Waals surface area contributed by atoms with Crippen molar-refractivity contribution in [2.24, 2.45) is 0 Å². The summed E-state index contributed by atoms with van der Waals surface area (Å²) < 4.78 is 12.7. The van der Waals surface area contributed by atoms with Crippen LogP contribution in [0.1, 0.15) is 36.5 Å². The van der Waals surface area contributed by atoms with Crippen molar-refractivity contribution in [1.82, 2.24) is 4.90 Å². The van der Waals surface area contributed by atoms with Gasteiger partial charge >= 0.3 is 0 Å². The molecule has 0 aromatic heterocycles. The number of hydrogen-bond donors (Lipinski definition) is 0. The van der Waals surface area contributed by atoms with Crippen molar-refractivity contribution in [3.8, 4) is 0 Å². The minimum atomic E-state index is -0.315. The molecule has 0 N–H and O–H groups in total. The molecule has 0 heterocycles. The Bertz CT molecular complexity index is 334. The fraction of sp³-hybridized carbons (Fsp3) is 0.462. The first-order chi connectivity index (χ1) is 7.65. The Morgan fingerprint density at radius 1 is 1.25 bits per heavy atom. The minimum Gasteiger partial charge on any atom is -0.342 e. The van der Waals surface area contributed by atoms with Gasteiger partial charge in [0.2, 0.25) is 0 Å². The van der Waals surface area contributed by atoms with E-state index in [-0.39, 0.29) is 11.7 Å². The molecule has 0 aliphatic heterocycles. The largest absolute Gasteiger partial charge is 0.342 e. The number of unbranched alkanes of at least 4 members (excludes halogenated alkanes) is 2. The highest BCUT2D eigenvalue weighted by molar-refractivity contribution is 5.93. The van der Waals surface area contributed by atoms with Crippen molar-refractivity contribution in [3.63, 3.8) is 0 Å². The van der Waals surface area contributed by atoms with E-state index in [1.54, 1.807) is 11.9 Å². The molecule has 0 saturated heterocycles. The van der Waals surface area contributed by atoms with Crippen LogP contribution in [-0.4, -0.2) is 24.4 Å². The van der Waals surface area contributed by atoms with E-state index in [0.717, 1.165) is 25.8 Å². The van der Waals surface area contributed by atoms with Crippen LogP contribution in [0.2, 0.25) is 0 Å². The third kappa shape index (κ3) is 3.65. The van der Waals surface area contributed by atoms with Crippen molar-refractivity contribution < 1.29 is 9.18 Å². The quantitative estimate of drug-likeness (QED) is 0.702. The lowest BCUT2D eigenvalue weighted by atomic mass is 10.2. The van der Waals surface area contributed by atoms with Gasteiger partial charge in [-0.2, -0.15) is 0 Å². The maximum absolute atomic E-state index is 12.7. The lowest BCUT2D eigenvalue weighted by Gasteiger charge is -2.16. The SMILES string of the molecule is CCCCCN(C)C(=O)c1ccc(F)cc1. The second-order valence-corrected chi connectivity index (χ2v) is 3.94. The van der Waals surface area contributed by atoms with E-state index in [2.05, 4.69) is 6.92 Å². The molecule has 0 unspecified atom stereocenters. The van der Waals surface area contributed by atoms with E-state index in [1.807, 2.05) is 0 Å². The van der Waals surface area contributed by atoms with Crippen LogP contribution in [-0.2, 0) is 0 Å². The summed E-state index contributed by atoms with van der Waals surface area (Å²) in [5, 5.41) is 0. The molecular formula is C13H18FNO. The number of hydrogen-bond acceptors (Lipinski definition) is 1. The van der Waals surface area contributed by atoms with Crippen LogP contribution in [0.3, 0.4) is 0 Å². The van der Waals surface area contributed by atoms with Crippen LogP contribution < -0.4 is 0 Å². The molecule has 0 aliphatic rings. The fourth-order valence-electron chi connectivity index (χ4n) is 1.51. The third-order valence-corrected chi connectivity index (χ3v) is 2.53. The predicted octanol–water partition coefficient (Wildman–Crippen LogP) is 3.09. The number of amides is 1. The first kappa shape index (κ1) is 12.7. The Balaban J connectivity index is 2.53. The average Bonchev–Trinajstić information content (AvgIpc) is 2.29. The molecule has 1 rings (SSSR count). The third-order valence-electron chi connectivity index (χ3n) is 2.53. The van der Waals surface area contributed by atoms with Gasteiger partial charge in [-0.1, -0.05) is 19.8 Å². The van der Waals surface area contributed by atoms with Crippen molar-refractivity contribution in [1.29, 1.82) is 0 Å². The van der Waals surface area contributed by atoms with Gasteiger partial charge < -0.3 is 4.90 Å². The molecule has 1 amide bonds. The van der Waals surface area contributed by atoms with Gasteiger partial charge in [-0.05, 0) is 30.7 Å². The van der Waals surface area contributed by atoms with E-state index in [0.29, 0.717) is 5.56 Å². The summed E-state index contributed by atoms with van der Waals surface area (Å²) in [7, 11) is 1.78. The smallest absolute Gasteiger partial charge is 0.253 e. The molecule has 1 aromatic rings. The van der Waals surface area contributed by atoms with Gasteiger partial charge in [-0.3, -0.25) is 4.79 Å². The van der Waals surface area contributed by atoms with Gasteiger partial charge in [-0.25, -0.2) is 4.39 Å². The molecule has 0 spiro atoms.